The first-order chi connectivity index (χ1) is 9.02. The molecule has 0 saturated carbocycles. The van der Waals surface area contributed by atoms with E-state index in [4.69, 9.17) is 16.7 Å². The molecular weight excluding hydrogens is 288 g/mol. The van der Waals surface area contributed by atoms with E-state index in [9.17, 15) is 9.59 Å². The van der Waals surface area contributed by atoms with Gasteiger partial charge in [-0.05, 0) is 36.6 Å². The van der Waals surface area contributed by atoms with Crippen molar-refractivity contribution in [3.05, 3.63) is 29.3 Å². The van der Waals surface area contributed by atoms with Gasteiger partial charge in [0.1, 0.15) is 6.04 Å². The van der Waals surface area contributed by atoms with Crippen molar-refractivity contribution in [3.63, 3.8) is 0 Å². The third kappa shape index (κ3) is 5.85. The molecule has 0 spiro atoms. The Morgan fingerprint density at radius 3 is 2.79 bits per heavy atom. The number of thioether (sulfide) groups is 1. The largest absolute Gasteiger partial charge is 0.480 e. The molecule has 1 rings (SSSR count). The van der Waals surface area contributed by atoms with Crippen LogP contribution in [0.25, 0.3) is 0 Å². The van der Waals surface area contributed by atoms with Crippen LogP contribution in [0.3, 0.4) is 0 Å². The molecule has 2 amide bonds. The second kappa shape index (κ2) is 7.91. The number of carboxylic acid groups (broad SMARTS) is 1. The molecule has 0 unspecified atom stereocenters. The van der Waals surface area contributed by atoms with Gasteiger partial charge in [0.15, 0.2) is 0 Å². The Morgan fingerprint density at radius 1 is 1.47 bits per heavy atom. The maximum absolute atomic E-state index is 11.7. The van der Waals surface area contributed by atoms with Gasteiger partial charge in [0.25, 0.3) is 0 Å². The first kappa shape index (κ1) is 15.7. The molecule has 7 heteroatoms. The van der Waals surface area contributed by atoms with Crippen molar-refractivity contribution < 1.29 is 14.7 Å². The van der Waals surface area contributed by atoms with Crippen LogP contribution in [-0.4, -0.2) is 35.2 Å². The summed E-state index contributed by atoms with van der Waals surface area (Å²) in [5, 5.41) is 14.4. The summed E-state index contributed by atoms with van der Waals surface area (Å²) in [5.41, 5.74) is 0.513. The van der Waals surface area contributed by atoms with Crippen molar-refractivity contribution in [2.45, 2.75) is 12.5 Å². The Morgan fingerprint density at radius 2 is 2.21 bits per heavy atom. The number of amides is 2. The van der Waals surface area contributed by atoms with E-state index in [0.29, 0.717) is 22.9 Å². The minimum atomic E-state index is -1.05. The summed E-state index contributed by atoms with van der Waals surface area (Å²) >= 11 is 7.31. The molecule has 3 N–H and O–H groups in total. The number of hydrogen-bond donors (Lipinski definition) is 3. The molecule has 0 bridgehead atoms. The summed E-state index contributed by atoms with van der Waals surface area (Å²) in [6, 6.07) is 5.17. The topological polar surface area (TPSA) is 78.4 Å². The van der Waals surface area contributed by atoms with Crippen LogP contribution in [-0.2, 0) is 4.79 Å². The Kier molecular flexibility index (Phi) is 6.52. The summed E-state index contributed by atoms with van der Waals surface area (Å²) in [6.07, 6.45) is 2.25. The zero-order valence-electron chi connectivity index (χ0n) is 10.4. The van der Waals surface area contributed by atoms with Crippen molar-refractivity contribution in [2.75, 3.05) is 17.3 Å². The van der Waals surface area contributed by atoms with Crippen LogP contribution in [0.5, 0.6) is 0 Å². The number of carbonyl (C=O) groups is 2. The second-order valence-electron chi connectivity index (χ2n) is 3.78. The summed E-state index contributed by atoms with van der Waals surface area (Å²) in [6.45, 7) is 0. The maximum Gasteiger partial charge on any atom is 0.326 e. The van der Waals surface area contributed by atoms with Crippen LogP contribution >= 0.6 is 23.4 Å². The average Bonchev–Trinajstić information content (AvgIpc) is 2.34. The highest BCUT2D eigenvalue weighted by Gasteiger charge is 2.19. The fourth-order valence-corrected chi connectivity index (χ4v) is 2.05. The minimum Gasteiger partial charge on any atom is -0.480 e. The van der Waals surface area contributed by atoms with Crippen molar-refractivity contribution in [2.24, 2.45) is 0 Å². The number of hydrogen-bond acceptors (Lipinski definition) is 3. The fourth-order valence-electron chi connectivity index (χ4n) is 1.38. The van der Waals surface area contributed by atoms with Gasteiger partial charge in [0.05, 0.1) is 0 Å². The molecule has 0 heterocycles. The third-order valence-electron chi connectivity index (χ3n) is 2.30. The van der Waals surface area contributed by atoms with Gasteiger partial charge in [0, 0.05) is 10.7 Å². The van der Waals surface area contributed by atoms with Gasteiger partial charge in [-0.15, -0.1) is 0 Å². The van der Waals surface area contributed by atoms with Crippen LogP contribution in [0.4, 0.5) is 10.5 Å². The monoisotopic (exact) mass is 302 g/mol. The lowest BCUT2D eigenvalue weighted by Gasteiger charge is -2.14. The third-order valence-corrected chi connectivity index (χ3v) is 3.18. The van der Waals surface area contributed by atoms with Gasteiger partial charge >= 0.3 is 12.0 Å². The molecule has 0 saturated heterocycles. The quantitative estimate of drug-likeness (QED) is 0.755. The van der Waals surface area contributed by atoms with Crippen LogP contribution in [0.15, 0.2) is 24.3 Å². The zero-order chi connectivity index (χ0) is 14.3. The molecule has 1 atom stereocenters. The van der Waals surface area contributed by atoms with E-state index in [2.05, 4.69) is 10.6 Å². The lowest BCUT2D eigenvalue weighted by Crippen LogP contribution is -2.43. The number of anilines is 1. The summed E-state index contributed by atoms with van der Waals surface area (Å²) in [4.78, 5) is 22.6. The number of urea groups is 1. The summed E-state index contributed by atoms with van der Waals surface area (Å²) < 4.78 is 0. The molecular formula is C12H15ClN2O3S. The van der Waals surface area contributed by atoms with Crippen molar-refractivity contribution in [1.82, 2.24) is 5.32 Å². The molecule has 0 aromatic heterocycles. The molecule has 1 aromatic carbocycles. The highest BCUT2D eigenvalue weighted by Crippen LogP contribution is 2.14. The summed E-state index contributed by atoms with van der Waals surface area (Å²) in [5.74, 6) is -0.385. The predicted molar refractivity (Wildman–Crippen MR) is 78.0 cm³/mol. The van der Waals surface area contributed by atoms with Crippen LogP contribution in [0.1, 0.15) is 6.42 Å². The predicted octanol–water partition coefficient (Wildman–Crippen LogP) is 2.67. The number of carboxylic acids is 1. The van der Waals surface area contributed by atoms with Crippen molar-refractivity contribution in [3.8, 4) is 0 Å². The number of aliphatic carboxylic acids is 1. The fraction of sp³-hybridized carbons (Fsp3) is 0.333. The molecule has 0 aliphatic carbocycles. The van der Waals surface area contributed by atoms with E-state index in [-0.39, 0.29) is 0 Å². The van der Waals surface area contributed by atoms with Crippen molar-refractivity contribution >= 4 is 41.1 Å². The lowest BCUT2D eigenvalue weighted by molar-refractivity contribution is -0.139. The first-order valence-electron chi connectivity index (χ1n) is 5.57. The van der Waals surface area contributed by atoms with Crippen LogP contribution in [0, 0.1) is 0 Å². The molecule has 19 heavy (non-hydrogen) atoms. The maximum atomic E-state index is 11.7. The molecule has 104 valence electrons. The van der Waals surface area contributed by atoms with Crippen molar-refractivity contribution in [1.29, 1.82) is 0 Å². The van der Waals surface area contributed by atoms with E-state index < -0.39 is 18.0 Å². The second-order valence-corrected chi connectivity index (χ2v) is 5.20. The molecule has 0 aliphatic rings. The van der Waals surface area contributed by atoms with E-state index in [1.54, 1.807) is 24.3 Å². The number of halogens is 1. The number of benzene rings is 1. The van der Waals surface area contributed by atoms with Gasteiger partial charge in [-0.3, -0.25) is 0 Å². The molecule has 5 nitrogen and oxygen atoms in total. The van der Waals surface area contributed by atoms with E-state index in [0.717, 1.165) is 0 Å². The molecule has 0 radical (unpaired) electrons. The highest BCUT2D eigenvalue weighted by atomic mass is 35.5. The smallest absolute Gasteiger partial charge is 0.326 e. The Hall–Kier alpha value is -1.40. The van der Waals surface area contributed by atoms with E-state index in [1.165, 1.54) is 11.8 Å². The summed E-state index contributed by atoms with van der Waals surface area (Å²) in [7, 11) is 0. The number of carbonyl (C=O) groups excluding carboxylic acids is 1. The Bertz CT molecular complexity index is 456. The van der Waals surface area contributed by atoms with Gasteiger partial charge < -0.3 is 15.7 Å². The van der Waals surface area contributed by atoms with Gasteiger partial charge in [-0.1, -0.05) is 17.7 Å². The van der Waals surface area contributed by atoms with E-state index in [1.807, 2.05) is 6.26 Å². The lowest BCUT2D eigenvalue weighted by atomic mass is 10.2. The Balaban J connectivity index is 2.55. The SMILES string of the molecule is CSCC[C@@H](NC(=O)Nc1cccc(Cl)c1)C(=O)O. The number of nitrogens with one attached hydrogen (secondary N) is 2. The van der Waals surface area contributed by atoms with Crippen LogP contribution in [0.2, 0.25) is 5.02 Å². The van der Waals surface area contributed by atoms with Gasteiger partial charge in [-0.2, -0.15) is 11.8 Å². The minimum absolute atomic E-state index is 0.374. The molecule has 0 aliphatic heterocycles. The van der Waals surface area contributed by atoms with Crippen LogP contribution < -0.4 is 10.6 Å². The average molecular weight is 303 g/mol. The Labute approximate surface area is 120 Å². The standard InChI is InChI=1S/C12H15ClN2O3S/c1-19-6-5-10(11(16)17)15-12(18)14-9-4-2-3-8(13)7-9/h2-4,7,10H,5-6H2,1H3,(H,16,17)(H2,14,15,18)/t10-/m1/s1. The molecule has 1 aromatic rings. The first-order valence-corrected chi connectivity index (χ1v) is 7.35. The zero-order valence-corrected chi connectivity index (χ0v) is 11.9. The highest BCUT2D eigenvalue weighted by molar-refractivity contribution is 7.98. The normalized spacial score (nSPS) is 11.7. The molecule has 0 fully saturated rings. The van der Waals surface area contributed by atoms with Gasteiger partial charge in [-0.25, -0.2) is 9.59 Å². The number of rotatable bonds is 6. The van der Waals surface area contributed by atoms with Gasteiger partial charge in [0.2, 0.25) is 0 Å². The van der Waals surface area contributed by atoms with E-state index >= 15 is 0 Å².